The third-order valence-electron chi connectivity index (χ3n) is 4.77. The number of para-hydroxylation sites is 1. The third kappa shape index (κ3) is 3.38. The van der Waals surface area contributed by atoms with Crippen LogP contribution in [0.2, 0.25) is 0 Å². The molecule has 1 aromatic heterocycles. The van der Waals surface area contributed by atoms with Crippen LogP contribution in [0.4, 0.5) is 0 Å². The van der Waals surface area contributed by atoms with E-state index in [9.17, 15) is 9.59 Å². The van der Waals surface area contributed by atoms with Gasteiger partial charge in [0.2, 0.25) is 5.78 Å². The van der Waals surface area contributed by atoms with Crippen molar-refractivity contribution in [1.29, 1.82) is 0 Å². The highest BCUT2D eigenvalue weighted by Crippen LogP contribution is 2.32. The molecule has 4 aromatic rings. The van der Waals surface area contributed by atoms with Crippen LogP contribution < -0.4 is 15.1 Å². The van der Waals surface area contributed by atoms with Gasteiger partial charge in [-0.3, -0.25) is 4.79 Å². The number of benzene rings is 3. The predicted molar refractivity (Wildman–Crippen MR) is 111 cm³/mol. The van der Waals surface area contributed by atoms with Gasteiger partial charge in [-0.05, 0) is 48.0 Å². The van der Waals surface area contributed by atoms with Gasteiger partial charge in [0.1, 0.15) is 22.6 Å². The van der Waals surface area contributed by atoms with Crippen LogP contribution in [0, 0.1) is 0 Å². The molecule has 29 heavy (non-hydrogen) atoms. The monoisotopic (exact) mass is 386 g/mol. The Hall–Kier alpha value is -3.86. The number of rotatable bonds is 5. The Labute approximate surface area is 167 Å². The lowest BCUT2D eigenvalue weighted by Crippen LogP contribution is -2.17. The molecule has 0 radical (unpaired) electrons. The highest BCUT2D eigenvalue weighted by atomic mass is 16.5. The standard InChI is InChI=1S/C24H18O5/c1-27-17-11-7-15(8-12-17)21-19-5-3-4-6-20(19)29-24(26)22(21)23(25)16-9-13-18(28-2)14-10-16/h3-14H,1-2H3. The van der Waals surface area contributed by atoms with Crippen LogP contribution in [0.25, 0.3) is 22.1 Å². The molecule has 5 nitrogen and oxygen atoms in total. The van der Waals surface area contributed by atoms with Crippen LogP contribution >= 0.6 is 0 Å². The smallest absolute Gasteiger partial charge is 0.348 e. The Morgan fingerprint density at radius 2 is 1.38 bits per heavy atom. The number of carbonyl (C=O) groups excluding carboxylic acids is 1. The van der Waals surface area contributed by atoms with Crippen molar-refractivity contribution in [1.82, 2.24) is 0 Å². The molecule has 0 spiro atoms. The molecule has 0 unspecified atom stereocenters. The summed E-state index contributed by atoms with van der Waals surface area (Å²) in [4.78, 5) is 26.2. The maximum absolute atomic E-state index is 13.3. The van der Waals surface area contributed by atoms with Crippen molar-refractivity contribution >= 4 is 16.8 Å². The summed E-state index contributed by atoms with van der Waals surface area (Å²) in [6.45, 7) is 0. The Kier molecular flexibility index (Phi) is 4.87. The lowest BCUT2D eigenvalue weighted by Gasteiger charge is -2.12. The molecule has 0 atom stereocenters. The van der Waals surface area contributed by atoms with E-state index in [4.69, 9.17) is 13.9 Å². The summed E-state index contributed by atoms with van der Waals surface area (Å²) in [7, 11) is 3.14. The zero-order valence-corrected chi connectivity index (χ0v) is 16.0. The number of hydrogen-bond donors (Lipinski definition) is 0. The molecule has 0 aliphatic rings. The van der Waals surface area contributed by atoms with E-state index in [0.29, 0.717) is 33.6 Å². The van der Waals surface area contributed by atoms with Crippen LogP contribution in [0.5, 0.6) is 11.5 Å². The first-order chi connectivity index (χ1) is 14.1. The Morgan fingerprint density at radius 3 is 2.00 bits per heavy atom. The molecule has 5 heteroatoms. The first-order valence-corrected chi connectivity index (χ1v) is 9.01. The molecular weight excluding hydrogens is 368 g/mol. The van der Waals surface area contributed by atoms with Crippen molar-refractivity contribution in [2.45, 2.75) is 0 Å². The summed E-state index contributed by atoms with van der Waals surface area (Å²) in [5.41, 5.74) is 1.40. The fourth-order valence-corrected chi connectivity index (χ4v) is 3.30. The van der Waals surface area contributed by atoms with Crippen LogP contribution in [-0.2, 0) is 0 Å². The van der Waals surface area contributed by atoms with E-state index in [-0.39, 0.29) is 5.56 Å². The van der Waals surface area contributed by atoms with Crippen molar-refractivity contribution in [3.63, 3.8) is 0 Å². The van der Waals surface area contributed by atoms with Crippen molar-refractivity contribution in [2.75, 3.05) is 14.2 Å². The van der Waals surface area contributed by atoms with E-state index in [1.807, 2.05) is 24.3 Å². The van der Waals surface area contributed by atoms with E-state index in [2.05, 4.69) is 0 Å². The second-order valence-corrected chi connectivity index (χ2v) is 6.42. The van der Waals surface area contributed by atoms with Gasteiger partial charge in [0.15, 0.2) is 0 Å². The second kappa shape index (κ2) is 7.64. The summed E-state index contributed by atoms with van der Waals surface area (Å²) in [5.74, 6) is 0.907. The molecule has 1 heterocycles. The normalized spacial score (nSPS) is 10.7. The molecule has 0 saturated heterocycles. The topological polar surface area (TPSA) is 65.7 Å². The van der Waals surface area contributed by atoms with Gasteiger partial charge in [-0.25, -0.2) is 4.79 Å². The number of ether oxygens (including phenoxy) is 2. The zero-order chi connectivity index (χ0) is 20.4. The molecule has 0 aliphatic heterocycles. The Bertz CT molecular complexity index is 1240. The molecule has 0 saturated carbocycles. The van der Waals surface area contributed by atoms with E-state index < -0.39 is 11.4 Å². The van der Waals surface area contributed by atoms with E-state index in [1.165, 1.54) is 0 Å². The van der Waals surface area contributed by atoms with Crippen molar-refractivity contribution in [3.05, 3.63) is 94.3 Å². The largest absolute Gasteiger partial charge is 0.497 e. The third-order valence-corrected chi connectivity index (χ3v) is 4.77. The highest BCUT2D eigenvalue weighted by Gasteiger charge is 2.23. The quantitative estimate of drug-likeness (QED) is 0.367. The van der Waals surface area contributed by atoms with Gasteiger partial charge < -0.3 is 13.9 Å². The average molecular weight is 386 g/mol. The molecule has 4 rings (SSSR count). The second-order valence-electron chi connectivity index (χ2n) is 6.42. The summed E-state index contributed by atoms with van der Waals surface area (Å²) < 4.78 is 15.8. The summed E-state index contributed by atoms with van der Waals surface area (Å²) in [6, 6.07) is 21.0. The number of hydrogen-bond acceptors (Lipinski definition) is 5. The SMILES string of the molecule is COc1ccc(C(=O)c2c(-c3ccc(OC)cc3)c3ccccc3oc2=O)cc1. The summed E-state index contributed by atoms with van der Waals surface area (Å²) in [6.07, 6.45) is 0. The molecule has 0 aliphatic carbocycles. The lowest BCUT2D eigenvalue weighted by molar-refractivity contribution is 0.103. The molecule has 144 valence electrons. The molecule has 0 fully saturated rings. The van der Waals surface area contributed by atoms with Gasteiger partial charge in [-0.2, -0.15) is 0 Å². The van der Waals surface area contributed by atoms with E-state index in [1.54, 1.807) is 62.8 Å². The number of methoxy groups -OCH3 is 2. The molecular formula is C24H18O5. The van der Waals surface area contributed by atoms with Crippen LogP contribution in [-0.4, -0.2) is 20.0 Å². The number of ketones is 1. The first kappa shape index (κ1) is 18.5. The Morgan fingerprint density at radius 1 is 0.793 bits per heavy atom. The molecule has 0 bridgehead atoms. The van der Waals surface area contributed by atoms with Crippen molar-refractivity contribution < 1.29 is 18.7 Å². The lowest BCUT2D eigenvalue weighted by atomic mass is 9.92. The zero-order valence-electron chi connectivity index (χ0n) is 16.0. The Balaban J connectivity index is 1.98. The van der Waals surface area contributed by atoms with Gasteiger partial charge in [0.05, 0.1) is 14.2 Å². The minimum absolute atomic E-state index is 0.000895. The summed E-state index contributed by atoms with van der Waals surface area (Å²) in [5, 5.41) is 0.689. The first-order valence-electron chi connectivity index (χ1n) is 9.01. The van der Waals surface area contributed by atoms with Crippen molar-refractivity contribution in [2.24, 2.45) is 0 Å². The van der Waals surface area contributed by atoms with E-state index >= 15 is 0 Å². The van der Waals surface area contributed by atoms with Crippen LogP contribution in [0.1, 0.15) is 15.9 Å². The summed E-state index contributed by atoms with van der Waals surface area (Å²) >= 11 is 0. The fraction of sp³-hybridized carbons (Fsp3) is 0.0833. The maximum Gasteiger partial charge on any atom is 0.348 e. The van der Waals surface area contributed by atoms with Crippen molar-refractivity contribution in [3.8, 4) is 22.6 Å². The number of carbonyl (C=O) groups is 1. The number of fused-ring (bicyclic) bond motifs is 1. The molecule has 3 aromatic carbocycles. The van der Waals surface area contributed by atoms with Gasteiger partial charge >= 0.3 is 5.63 Å². The maximum atomic E-state index is 13.3. The highest BCUT2D eigenvalue weighted by molar-refractivity contribution is 6.16. The van der Waals surface area contributed by atoms with Gasteiger partial charge in [0.25, 0.3) is 0 Å². The minimum atomic E-state index is -0.671. The van der Waals surface area contributed by atoms with Gasteiger partial charge in [-0.15, -0.1) is 0 Å². The van der Waals surface area contributed by atoms with E-state index in [0.717, 1.165) is 5.56 Å². The predicted octanol–water partition coefficient (Wildman–Crippen LogP) is 4.71. The fourth-order valence-electron chi connectivity index (χ4n) is 3.30. The van der Waals surface area contributed by atoms with Crippen LogP contribution in [0.15, 0.2) is 82.0 Å². The molecule has 0 amide bonds. The minimum Gasteiger partial charge on any atom is -0.497 e. The van der Waals surface area contributed by atoms with Gasteiger partial charge in [-0.1, -0.05) is 30.3 Å². The van der Waals surface area contributed by atoms with Gasteiger partial charge in [0, 0.05) is 16.5 Å². The van der Waals surface area contributed by atoms with Crippen LogP contribution in [0.3, 0.4) is 0 Å². The average Bonchev–Trinajstić information content (AvgIpc) is 2.78. The molecule has 0 N–H and O–H groups in total.